The molecule has 0 atom stereocenters. The summed E-state index contributed by atoms with van der Waals surface area (Å²) >= 11 is 6.67. The van der Waals surface area contributed by atoms with Gasteiger partial charge in [-0.2, -0.15) is 0 Å². The van der Waals surface area contributed by atoms with Crippen molar-refractivity contribution >= 4 is 49.1 Å². The Hall–Kier alpha value is -1.40. The van der Waals surface area contributed by atoms with E-state index in [4.69, 9.17) is 5.73 Å². The van der Waals surface area contributed by atoms with Crippen molar-refractivity contribution < 1.29 is 9.18 Å². The Morgan fingerprint density at radius 3 is 2.37 bits per heavy atom. The van der Waals surface area contributed by atoms with Crippen LogP contribution in [0, 0.1) is 5.82 Å². The van der Waals surface area contributed by atoms with Gasteiger partial charge in [0.15, 0.2) is 0 Å². The minimum Gasteiger partial charge on any atom is -0.396 e. The first kappa shape index (κ1) is 14.0. The molecule has 0 aliphatic rings. The number of carbonyl (C=O) groups excluding carboxylic acids is 1. The van der Waals surface area contributed by atoms with E-state index in [-0.39, 0.29) is 11.3 Å². The van der Waals surface area contributed by atoms with E-state index in [1.54, 1.807) is 12.1 Å². The van der Waals surface area contributed by atoms with Crippen LogP contribution in [0.4, 0.5) is 15.8 Å². The van der Waals surface area contributed by atoms with Gasteiger partial charge < -0.3 is 11.1 Å². The van der Waals surface area contributed by atoms with Crippen molar-refractivity contribution in [1.29, 1.82) is 0 Å². The molecule has 0 saturated heterocycles. The zero-order valence-corrected chi connectivity index (χ0v) is 12.8. The molecule has 0 heterocycles. The molecule has 0 bridgehead atoms. The van der Waals surface area contributed by atoms with Gasteiger partial charge in [-0.05, 0) is 62.2 Å². The zero-order valence-electron chi connectivity index (χ0n) is 9.58. The van der Waals surface area contributed by atoms with Crippen molar-refractivity contribution in [3.63, 3.8) is 0 Å². The van der Waals surface area contributed by atoms with Gasteiger partial charge in [0.25, 0.3) is 5.91 Å². The second kappa shape index (κ2) is 5.71. The van der Waals surface area contributed by atoms with E-state index in [1.165, 1.54) is 12.1 Å². The fraction of sp³-hybridized carbons (Fsp3) is 0. The number of nitrogens with one attached hydrogen (secondary N) is 1. The summed E-state index contributed by atoms with van der Waals surface area (Å²) in [6.07, 6.45) is 0. The highest BCUT2D eigenvalue weighted by Crippen LogP contribution is 2.31. The molecule has 0 spiro atoms. The Kier molecular flexibility index (Phi) is 4.21. The molecule has 1 amide bonds. The molecule has 0 aliphatic carbocycles. The van der Waals surface area contributed by atoms with Gasteiger partial charge in [-0.1, -0.05) is 6.07 Å². The number of rotatable bonds is 2. The number of hydrogen-bond donors (Lipinski definition) is 2. The van der Waals surface area contributed by atoms with Crippen LogP contribution in [0.15, 0.2) is 45.3 Å². The molecule has 0 aromatic heterocycles. The number of hydrogen-bond acceptors (Lipinski definition) is 2. The Morgan fingerprint density at radius 1 is 1.16 bits per heavy atom. The fourth-order valence-corrected chi connectivity index (χ4v) is 2.67. The molecular weight excluding hydrogens is 379 g/mol. The lowest BCUT2D eigenvalue weighted by molar-refractivity contribution is 0.102. The van der Waals surface area contributed by atoms with Crippen LogP contribution in [0.3, 0.4) is 0 Å². The standard InChI is InChI=1S/C13H9Br2FN2O/c14-8-2-1-3-9(15)12(8)18-13(19)7-4-5-11(17)10(16)6-7/h1-6H,17H2,(H,18,19). The number of para-hydroxylation sites is 1. The van der Waals surface area contributed by atoms with E-state index < -0.39 is 11.7 Å². The number of nitrogen functional groups attached to an aromatic ring is 1. The monoisotopic (exact) mass is 386 g/mol. The number of anilines is 2. The summed E-state index contributed by atoms with van der Waals surface area (Å²) in [5, 5.41) is 2.70. The Bertz CT molecular complexity index is 626. The lowest BCUT2D eigenvalue weighted by atomic mass is 10.2. The molecule has 6 heteroatoms. The third-order valence-corrected chi connectivity index (χ3v) is 3.79. The smallest absolute Gasteiger partial charge is 0.255 e. The molecule has 98 valence electrons. The minimum absolute atomic E-state index is 0.0126. The number of carbonyl (C=O) groups is 1. The third kappa shape index (κ3) is 3.13. The molecule has 0 radical (unpaired) electrons. The Morgan fingerprint density at radius 2 is 1.79 bits per heavy atom. The fourth-order valence-electron chi connectivity index (χ4n) is 1.47. The highest BCUT2D eigenvalue weighted by Gasteiger charge is 2.12. The van der Waals surface area contributed by atoms with Crippen LogP contribution >= 0.6 is 31.9 Å². The summed E-state index contributed by atoms with van der Waals surface area (Å²) in [6.45, 7) is 0. The maximum absolute atomic E-state index is 13.3. The second-order valence-corrected chi connectivity index (χ2v) is 5.50. The predicted molar refractivity (Wildman–Crippen MR) is 80.6 cm³/mol. The van der Waals surface area contributed by atoms with Crippen molar-refractivity contribution in [2.45, 2.75) is 0 Å². The van der Waals surface area contributed by atoms with E-state index in [2.05, 4.69) is 37.2 Å². The molecule has 0 fully saturated rings. The topological polar surface area (TPSA) is 55.1 Å². The lowest BCUT2D eigenvalue weighted by Gasteiger charge is -2.10. The van der Waals surface area contributed by atoms with E-state index in [0.29, 0.717) is 5.69 Å². The highest BCUT2D eigenvalue weighted by atomic mass is 79.9. The average molecular weight is 388 g/mol. The second-order valence-electron chi connectivity index (χ2n) is 3.79. The van der Waals surface area contributed by atoms with Gasteiger partial charge >= 0.3 is 0 Å². The van der Waals surface area contributed by atoms with Gasteiger partial charge in [-0.15, -0.1) is 0 Å². The van der Waals surface area contributed by atoms with Crippen molar-refractivity contribution in [2.75, 3.05) is 11.1 Å². The largest absolute Gasteiger partial charge is 0.396 e. The molecule has 3 nitrogen and oxygen atoms in total. The molecule has 19 heavy (non-hydrogen) atoms. The van der Waals surface area contributed by atoms with Gasteiger partial charge in [0.1, 0.15) is 5.82 Å². The van der Waals surface area contributed by atoms with E-state index in [0.717, 1.165) is 15.0 Å². The van der Waals surface area contributed by atoms with Crippen LogP contribution in [0.25, 0.3) is 0 Å². The molecule has 0 aliphatic heterocycles. The molecule has 0 saturated carbocycles. The van der Waals surface area contributed by atoms with Crippen molar-refractivity contribution in [3.8, 4) is 0 Å². The average Bonchev–Trinajstić information content (AvgIpc) is 2.37. The minimum atomic E-state index is -0.612. The molecular formula is C13H9Br2FN2O. The maximum atomic E-state index is 13.3. The summed E-state index contributed by atoms with van der Waals surface area (Å²) in [6, 6.07) is 9.35. The Labute approximate surface area is 126 Å². The van der Waals surface area contributed by atoms with Gasteiger partial charge in [0, 0.05) is 14.5 Å². The van der Waals surface area contributed by atoms with Crippen molar-refractivity contribution in [2.24, 2.45) is 0 Å². The summed E-state index contributed by atoms with van der Waals surface area (Å²) in [4.78, 5) is 12.0. The van der Waals surface area contributed by atoms with Crippen LogP contribution in [0.2, 0.25) is 0 Å². The van der Waals surface area contributed by atoms with Gasteiger partial charge in [-0.25, -0.2) is 4.39 Å². The molecule has 0 unspecified atom stereocenters. The number of halogens is 3. The molecule has 2 aromatic rings. The molecule has 3 N–H and O–H groups in total. The summed E-state index contributed by atoms with van der Waals surface area (Å²) in [5.41, 5.74) is 6.17. The van der Waals surface area contributed by atoms with E-state index >= 15 is 0 Å². The van der Waals surface area contributed by atoms with Crippen LogP contribution in [0.5, 0.6) is 0 Å². The SMILES string of the molecule is Nc1ccc(C(=O)Nc2c(Br)cccc2Br)cc1F. The predicted octanol–water partition coefficient (Wildman–Crippen LogP) is 4.19. The van der Waals surface area contributed by atoms with Crippen molar-refractivity contribution in [1.82, 2.24) is 0 Å². The van der Waals surface area contributed by atoms with Crippen LogP contribution in [-0.4, -0.2) is 5.91 Å². The van der Waals surface area contributed by atoms with Gasteiger partial charge in [0.05, 0.1) is 11.4 Å². The summed E-state index contributed by atoms with van der Waals surface area (Å²) in [7, 11) is 0. The highest BCUT2D eigenvalue weighted by molar-refractivity contribution is 9.11. The van der Waals surface area contributed by atoms with Crippen LogP contribution < -0.4 is 11.1 Å². The van der Waals surface area contributed by atoms with Gasteiger partial charge in [0.2, 0.25) is 0 Å². The normalized spacial score (nSPS) is 10.3. The number of amides is 1. The summed E-state index contributed by atoms with van der Waals surface area (Å²) in [5.74, 6) is -1.02. The molecule has 2 aromatic carbocycles. The Balaban J connectivity index is 2.28. The van der Waals surface area contributed by atoms with Crippen LogP contribution in [-0.2, 0) is 0 Å². The molecule has 2 rings (SSSR count). The number of benzene rings is 2. The van der Waals surface area contributed by atoms with Crippen LogP contribution in [0.1, 0.15) is 10.4 Å². The van der Waals surface area contributed by atoms with E-state index in [1.807, 2.05) is 6.07 Å². The van der Waals surface area contributed by atoms with E-state index in [9.17, 15) is 9.18 Å². The summed E-state index contributed by atoms with van der Waals surface area (Å²) < 4.78 is 14.8. The lowest BCUT2D eigenvalue weighted by Crippen LogP contribution is -2.13. The third-order valence-electron chi connectivity index (χ3n) is 2.46. The first-order valence-electron chi connectivity index (χ1n) is 5.29. The zero-order chi connectivity index (χ0) is 14.0. The first-order chi connectivity index (χ1) is 8.99. The first-order valence-corrected chi connectivity index (χ1v) is 6.88. The quantitative estimate of drug-likeness (QED) is 0.759. The number of nitrogens with two attached hydrogens (primary N) is 1. The van der Waals surface area contributed by atoms with Crippen molar-refractivity contribution in [3.05, 3.63) is 56.7 Å². The maximum Gasteiger partial charge on any atom is 0.255 e. The van der Waals surface area contributed by atoms with Gasteiger partial charge in [-0.3, -0.25) is 4.79 Å².